The van der Waals surface area contributed by atoms with E-state index in [-0.39, 0.29) is 29.5 Å². The summed E-state index contributed by atoms with van der Waals surface area (Å²) in [7, 11) is 0. The SMILES string of the molecule is CC(Oc1ccc(O)cc1)C(=O)NC1CCN(C(=O)CCl)CC1. The molecule has 6 nitrogen and oxygen atoms in total. The highest BCUT2D eigenvalue weighted by Crippen LogP contribution is 2.17. The molecule has 1 aliphatic heterocycles. The lowest BCUT2D eigenvalue weighted by Gasteiger charge is -2.32. The fourth-order valence-corrected chi connectivity index (χ4v) is 2.63. The summed E-state index contributed by atoms with van der Waals surface area (Å²) in [4.78, 5) is 25.4. The molecule has 0 aliphatic carbocycles. The average Bonchev–Trinajstić information content (AvgIpc) is 2.56. The molecule has 1 aromatic carbocycles. The molecule has 7 heteroatoms. The van der Waals surface area contributed by atoms with E-state index in [9.17, 15) is 14.7 Å². The summed E-state index contributed by atoms with van der Waals surface area (Å²) in [6, 6.07) is 6.26. The van der Waals surface area contributed by atoms with Crippen molar-refractivity contribution in [2.24, 2.45) is 0 Å². The van der Waals surface area contributed by atoms with Gasteiger partial charge in [-0.2, -0.15) is 0 Å². The minimum Gasteiger partial charge on any atom is -0.508 e. The van der Waals surface area contributed by atoms with E-state index in [2.05, 4.69) is 5.32 Å². The Morgan fingerprint density at radius 3 is 2.52 bits per heavy atom. The van der Waals surface area contributed by atoms with E-state index in [1.807, 2.05) is 0 Å². The topological polar surface area (TPSA) is 78.9 Å². The zero-order valence-electron chi connectivity index (χ0n) is 13.0. The van der Waals surface area contributed by atoms with Crippen molar-refractivity contribution in [1.82, 2.24) is 10.2 Å². The number of nitrogens with one attached hydrogen (secondary N) is 1. The van der Waals surface area contributed by atoms with E-state index in [1.54, 1.807) is 24.0 Å². The monoisotopic (exact) mass is 340 g/mol. The van der Waals surface area contributed by atoms with Crippen LogP contribution < -0.4 is 10.1 Å². The number of hydrogen-bond donors (Lipinski definition) is 2. The predicted molar refractivity (Wildman–Crippen MR) is 86.7 cm³/mol. The van der Waals surface area contributed by atoms with Crippen LogP contribution in [0.1, 0.15) is 19.8 Å². The van der Waals surface area contributed by atoms with Crippen molar-refractivity contribution in [1.29, 1.82) is 0 Å². The maximum Gasteiger partial charge on any atom is 0.260 e. The molecule has 0 radical (unpaired) electrons. The zero-order chi connectivity index (χ0) is 16.8. The number of nitrogens with zero attached hydrogens (tertiary/aromatic N) is 1. The van der Waals surface area contributed by atoms with Gasteiger partial charge in [0.25, 0.3) is 5.91 Å². The van der Waals surface area contributed by atoms with Crippen LogP contribution in [0.5, 0.6) is 11.5 Å². The van der Waals surface area contributed by atoms with Crippen LogP contribution in [0.2, 0.25) is 0 Å². The lowest BCUT2D eigenvalue weighted by atomic mass is 10.0. The maximum absolute atomic E-state index is 12.2. The number of carbonyl (C=O) groups is 2. The lowest BCUT2D eigenvalue weighted by molar-refractivity contribution is -0.130. The number of aromatic hydroxyl groups is 1. The standard InChI is InChI=1S/C16H21ClN2O4/c1-11(23-14-4-2-13(20)3-5-14)16(22)18-12-6-8-19(9-7-12)15(21)10-17/h2-5,11-12,20H,6-10H2,1H3,(H,18,22). The van der Waals surface area contributed by atoms with Gasteiger partial charge >= 0.3 is 0 Å². The Labute approximate surface area is 140 Å². The highest BCUT2D eigenvalue weighted by molar-refractivity contribution is 6.27. The molecule has 1 fully saturated rings. The number of halogens is 1. The van der Waals surface area contributed by atoms with Gasteiger partial charge < -0.3 is 20.1 Å². The summed E-state index contributed by atoms with van der Waals surface area (Å²) < 4.78 is 5.54. The zero-order valence-corrected chi connectivity index (χ0v) is 13.8. The number of benzene rings is 1. The van der Waals surface area contributed by atoms with Crippen LogP contribution in [0, 0.1) is 0 Å². The third-order valence-electron chi connectivity index (χ3n) is 3.83. The van der Waals surface area contributed by atoms with Gasteiger partial charge in [0.15, 0.2) is 6.10 Å². The molecule has 0 saturated carbocycles. The fraction of sp³-hybridized carbons (Fsp3) is 0.500. The average molecular weight is 341 g/mol. The van der Waals surface area contributed by atoms with Crippen molar-refractivity contribution in [3.8, 4) is 11.5 Å². The van der Waals surface area contributed by atoms with Crippen LogP contribution >= 0.6 is 11.6 Å². The predicted octanol–water partition coefficient (Wildman–Crippen LogP) is 1.51. The molecule has 1 aliphatic rings. The Balaban J connectivity index is 1.78. The molecule has 2 N–H and O–H groups in total. The molecule has 1 saturated heterocycles. The smallest absolute Gasteiger partial charge is 0.260 e. The van der Waals surface area contributed by atoms with E-state index in [0.717, 1.165) is 0 Å². The second kappa shape index (κ2) is 8.06. The van der Waals surface area contributed by atoms with Gasteiger partial charge in [0.2, 0.25) is 5.91 Å². The molecule has 2 amide bonds. The largest absolute Gasteiger partial charge is 0.508 e. The molecular formula is C16H21ClN2O4. The van der Waals surface area contributed by atoms with Crippen LogP contribution in [-0.4, -0.2) is 52.9 Å². The van der Waals surface area contributed by atoms with Gasteiger partial charge in [0.05, 0.1) is 0 Å². The van der Waals surface area contributed by atoms with E-state index >= 15 is 0 Å². The summed E-state index contributed by atoms with van der Waals surface area (Å²) in [6.45, 7) is 2.88. The Bertz CT molecular complexity index is 542. The second-order valence-corrected chi connectivity index (χ2v) is 5.82. The Kier molecular flexibility index (Phi) is 6.10. The van der Waals surface area contributed by atoms with E-state index in [4.69, 9.17) is 16.3 Å². The Morgan fingerprint density at radius 1 is 1.35 bits per heavy atom. The summed E-state index contributed by atoms with van der Waals surface area (Å²) in [5.41, 5.74) is 0. The van der Waals surface area contributed by atoms with Crippen molar-refractivity contribution in [2.45, 2.75) is 31.9 Å². The lowest BCUT2D eigenvalue weighted by Crippen LogP contribution is -2.49. The van der Waals surface area contributed by atoms with Crippen LogP contribution in [0.15, 0.2) is 24.3 Å². The number of piperidine rings is 1. The molecular weight excluding hydrogens is 320 g/mol. The molecule has 23 heavy (non-hydrogen) atoms. The molecule has 0 aromatic heterocycles. The Hall–Kier alpha value is -1.95. The van der Waals surface area contributed by atoms with Gasteiger partial charge in [-0.3, -0.25) is 9.59 Å². The number of alkyl halides is 1. The molecule has 126 valence electrons. The minimum absolute atomic E-state index is 0.00543. The van der Waals surface area contributed by atoms with Crippen LogP contribution in [-0.2, 0) is 9.59 Å². The summed E-state index contributed by atoms with van der Waals surface area (Å²) in [5.74, 6) is 0.399. The second-order valence-electron chi connectivity index (χ2n) is 5.55. The normalized spacial score (nSPS) is 16.7. The molecule has 1 atom stereocenters. The van der Waals surface area contributed by atoms with Gasteiger partial charge in [-0.25, -0.2) is 0 Å². The van der Waals surface area contributed by atoms with Crippen molar-refractivity contribution in [2.75, 3.05) is 19.0 Å². The maximum atomic E-state index is 12.2. The fourth-order valence-electron chi connectivity index (χ4n) is 2.46. The number of phenolic OH excluding ortho intramolecular Hbond substituents is 1. The third-order valence-corrected chi connectivity index (χ3v) is 4.06. The molecule has 0 spiro atoms. The van der Waals surface area contributed by atoms with Gasteiger partial charge in [-0.05, 0) is 44.0 Å². The first kappa shape index (κ1) is 17.4. The summed E-state index contributed by atoms with van der Waals surface area (Å²) >= 11 is 5.54. The van der Waals surface area contributed by atoms with Gasteiger partial charge in [0, 0.05) is 19.1 Å². The third kappa shape index (κ3) is 5.03. The van der Waals surface area contributed by atoms with Gasteiger partial charge in [-0.1, -0.05) is 0 Å². The number of carbonyl (C=O) groups excluding carboxylic acids is 2. The molecule has 2 rings (SSSR count). The first-order valence-electron chi connectivity index (χ1n) is 7.59. The first-order valence-corrected chi connectivity index (χ1v) is 8.13. The highest BCUT2D eigenvalue weighted by Gasteiger charge is 2.25. The van der Waals surface area contributed by atoms with Crippen molar-refractivity contribution in [3.63, 3.8) is 0 Å². The Morgan fingerprint density at radius 2 is 1.96 bits per heavy atom. The van der Waals surface area contributed by atoms with E-state index in [1.165, 1.54) is 12.1 Å². The number of ether oxygens (including phenoxy) is 1. The van der Waals surface area contributed by atoms with Crippen molar-refractivity contribution < 1.29 is 19.4 Å². The number of hydrogen-bond acceptors (Lipinski definition) is 4. The number of phenols is 1. The highest BCUT2D eigenvalue weighted by atomic mass is 35.5. The number of likely N-dealkylation sites (tertiary alicyclic amines) is 1. The molecule has 0 bridgehead atoms. The first-order chi connectivity index (χ1) is 11.0. The van der Waals surface area contributed by atoms with Gasteiger partial charge in [0.1, 0.15) is 17.4 Å². The molecule has 1 unspecified atom stereocenters. The van der Waals surface area contributed by atoms with Crippen molar-refractivity contribution >= 4 is 23.4 Å². The minimum atomic E-state index is -0.637. The van der Waals surface area contributed by atoms with E-state index < -0.39 is 6.10 Å². The van der Waals surface area contributed by atoms with Crippen LogP contribution in [0.3, 0.4) is 0 Å². The quantitative estimate of drug-likeness (QED) is 0.796. The number of rotatable bonds is 5. The molecule has 1 heterocycles. The number of amides is 2. The van der Waals surface area contributed by atoms with Crippen LogP contribution in [0.25, 0.3) is 0 Å². The van der Waals surface area contributed by atoms with E-state index in [0.29, 0.717) is 31.7 Å². The summed E-state index contributed by atoms with van der Waals surface area (Å²) in [5, 5.41) is 12.2. The van der Waals surface area contributed by atoms with Crippen molar-refractivity contribution in [3.05, 3.63) is 24.3 Å². The molecule has 1 aromatic rings. The summed E-state index contributed by atoms with van der Waals surface area (Å²) in [6.07, 6.45) is 0.780. The van der Waals surface area contributed by atoms with Crippen LogP contribution in [0.4, 0.5) is 0 Å². The van der Waals surface area contributed by atoms with Gasteiger partial charge in [-0.15, -0.1) is 11.6 Å².